The molecule has 4 nitrogen and oxygen atoms in total. The number of allylic oxidation sites excluding steroid dienone is 1. The molecule has 0 atom stereocenters. The van der Waals surface area contributed by atoms with Crippen molar-refractivity contribution in [2.45, 2.75) is 0 Å². The molecule has 72 valence electrons. The summed E-state index contributed by atoms with van der Waals surface area (Å²) in [4.78, 5) is 21.2. The summed E-state index contributed by atoms with van der Waals surface area (Å²) in [6.45, 7) is 0. The van der Waals surface area contributed by atoms with Gasteiger partial charge in [-0.15, -0.1) is 0 Å². The van der Waals surface area contributed by atoms with Crippen molar-refractivity contribution in [1.29, 1.82) is 0 Å². The van der Waals surface area contributed by atoms with Crippen LogP contribution in [0.1, 0.15) is 15.9 Å². The highest BCUT2D eigenvalue weighted by Gasteiger charge is 2.06. The minimum Gasteiger partial charge on any atom is -0.299 e. The Hall–Kier alpha value is -1.94. The van der Waals surface area contributed by atoms with Crippen LogP contribution in [0.15, 0.2) is 30.3 Å². The average molecular weight is 191 g/mol. The predicted molar refractivity (Wildman–Crippen MR) is 50.8 cm³/mol. The fourth-order valence-corrected chi connectivity index (χ4v) is 1.05. The molecule has 0 bridgehead atoms. The SMILES string of the molecule is O=CC=Cc1ccccc1C(=O)NO. The number of aldehydes is 1. The number of benzene rings is 1. The Labute approximate surface area is 80.8 Å². The van der Waals surface area contributed by atoms with Gasteiger partial charge in [0.1, 0.15) is 6.29 Å². The van der Waals surface area contributed by atoms with E-state index in [4.69, 9.17) is 5.21 Å². The molecule has 14 heavy (non-hydrogen) atoms. The Morgan fingerprint density at radius 2 is 2.07 bits per heavy atom. The lowest BCUT2D eigenvalue weighted by atomic mass is 10.1. The molecule has 0 aliphatic rings. The van der Waals surface area contributed by atoms with Crippen LogP contribution in [0.4, 0.5) is 0 Å². The summed E-state index contributed by atoms with van der Waals surface area (Å²) in [5.41, 5.74) is 2.43. The molecule has 0 aliphatic carbocycles. The first kappa shape index (κ1) is 10.1. The fourth-order valence-electron chi connectivity index (χ4n) is 1.05. The normalized spacial score (nSPS) is 10.1. The quantitative estimate of drug-likeness (QED) is 0.324. The van der Waals surface area contributed by atoms with Crippen molar-refractivity contribution < 1.29 is 14.8 Å². The molecule has 1 aromatic carbocycles. The number of hydroxylamine groups is 1. The van der Waals surface area contributed by atoms with Crippen LogP contribution in [0.2, 0.25) is 0 Å². The van der Waals surface area contributed by atoms with Gasteiger partial charge < -0.3 is 0 Å². The van der Waals surface area contributed by atoms with Gasteiger partial charge in [-0.05, 0) is 17.7 Å². The second-order valence-electron chi connectivity index (χ2n) is 2.52. The van der Waals surface area contributed by atoms with E-state index in [-0.39, 0.29) is 0 Å². The molecule has 0 aliphatic heterocycles. The van der Waals surface area contributed by atoms with Crippen molar-refractivity contribution in [3.63, 3.8) is 0 Å². The first-order valence-corrected chi connectivity index (χ1v) is 3.95. The number of nitrogens with one attached hydrogen (secondary N) is 1. The lowest BCUT2D eigenvalue weighted by molar-refractivity contribution is -0.104. The summed E-state index contributed by atoms with van der Waals surface area (Å²) in [5, 5.41) is 8.44. The lowest BCUT2D eigenvalue weighted by Crippen LogP contribution is -2.19. The van der Waals surface area contributed by atoms with Gasteiger partial charge in [0.2, 0.25) is 0 Å². The Morgan fingerprint density at radius 3 is 2.71 bits per heavy atom. The Bertz CT molecular complexity index is 371. The molecule has 2 N–H and O–H groups in total. The number of hydrogen-bond acceptors (Lipinski definition) is 3. The fraction of sp³-hybridized carbons (Fsp3) is 0. The van der Waals surface area contributed by atoms with Crippen LogP contribution in [0, 0.1) is 0 Å². The first-order chi connectivity index (χ1) is 6.79. The van der Waals surface area contributed by atoms with E-state index in [0.29, 0.717) is 17.4 Å². The van der Waals surface area contributed by atoms with Gasteiger partial charge in [0.05, 0.1) is 0 Å². The maximum atomic E-state index is 11.1. The van der Waals surface area contributed by atoms with Gasteiger partial charge in [-0.3, -0.25) is 14.8 Å². The van der Waals surface area contributed by atoms with E-state index >= 15 is 0 Å². The maximum absolute atomic E-state index is 11.1. The van der Waals surface area contributed by atoms with Crippen LogP contribution >= 0.6 is 0 Å². The monoisotopic (exact) mass is 191 g/mol. The van der Waals surface area contributed by atoms with Gasteiger partial charge in [0.15, 0.2) is 0 Å². The van der Waals surface area contributed by atoms with Gasteiger partial charge >= 0.3 is 0 Å². The van der Waals surface area contributed by atoms with E-state index in [0.717, 1.165) is 0 Å². The van der Waals surface area contributed by atoms with Crippen molar-refractivity contribution in [3.05, 3.63) is 41.5 Å². The minimum absolute atomic E-state index is 0.313. The van der Waals surface area contributed by atoms with E-state index in [1.165, 1.54) is 17.6 Å². The molecular weight excluding hydrogens is 182 g/mol. The van der Waals surface area contributed by atoms with Gasteiger partial charge in [-0.1, -0.05) is 24.3 Å². The maximum Gasteiger partial charge on any atom is 0.275 e. The molecule has 0 saturated heterocycles. The Kier molecular flexibility index (Phi) is 3.58. The highest BCUT2D eigenvalue weighted by Crippen LogP contribution is 2.09. The molecule has 0 unspecified atom stereocenters. The average Bonchev–Trinajstić information content (AvgIpc) is 2.25. The van der Waals surface area contributed by atoms with E-state index < -0.39 is 5.91 Å². The molecule has 0 spiro atoms. The van der Waals surface area contributed by atoms with Crippen LogP contribution in [0.5, 0.6) is 0 Å². The highest BCUT2D eigenvalue weighted by molar-refractivity contribution is 5.97. The Morgan fingerprint density at radius 1 is 1.36 bits per heavy atom. The molecule has 0 radical (unpaired) electrons. The Balaban J connectivity index is 3.08. The summed E-state index contributed by atoms with van der Waals surface area (Å²) < 4.78 is 0. The first-order valence-electron chi connectivity index (χ1n) is 3.95. The molecule has 0 heterocycles. The summed E-state index contributed by atoms with van der Waals surface area (Å²) in [6.07, 6.45) is 3.40. The highest BCUT2D eigenvalue weighted by atomic mass is 16.5. The summed E-state index contributed by atoms with van der Waals surface area (Å²) in [5.74, 6) is -0.601. The second-order valence-corrected chi connectivity index (χ2v) is 2.52. The van der Waals surface area contributed by atoms with Crippen LogP contribution in [-0.4, -0.2) is 17.4 Å². The predicted octanol–water partition coefficient (Wildman–Crippen LogP) is 1.02. The molecule has 1 amide bonds. The van der Waals surface area contributed by atoms with Crippen molar-refractivity contribution in [2.75, 3.05) is 0 Å². The third-order valence-electron chi connectivity index (χ3n) is 1.66. The van der Waals surface area contributed by atoms with Crippen molar-refractivity contribution in [2.24, 2.45) is 0 Å². The van der Waals surface area contributed by atoms with E-state index in [1.54, 1.807) is 24.3 Å². The van der Waals surface area contributed by atoms with Crippen molar-refractivity contribution in [1.82, 2.24) is 5.48 Å². The van der Waals surface area contributed by atoms with Crippen LogP contribution in [-0.2, 0) is 4.79 Å². The molecular formula is C10H9NO3. The van der Waals surface area contributed by atoms with E-state index in [1.807, 2.05) is 0 Å². The zero-order valence-electron chi connectivity index (χ0n) is 7.31. The largest absolute Gasteiger partial charge is 0.299 e. The summed E-state index contributed by atoms with van der Waals surface area (Å²) in [7, 11) is 0. The molecule has 0 fully saturated rings. The second kappa shape index (κ2) is 4.94. The molecule has 1 rings (SSSR count). The number of hydrogen-bond donors (Lipinski definition) is 2. The topological polar surface area (TPSA) is 66.4 Å². The third-order valence-corrected chi connectivity index (χ3v) is 1.66. The third kappa shape index (κ3) is 2.27. The van der Waals surface area contributed by atoms with Gasteiger partial charge in [0.25, 0.3) is 5.91 Å². The van der Waals surface area contributed by atoms with Crippen LogP contribution in [0.3, 0.4) is 0 Å². The van der Waals surface area contributed by atoms with Crippen molar-refractivity contribution >= 4 is 18.3 Å². The summed E-state index contributed by atoms with van der Waals surface area (Å²) in [6, 6.07) is 6.63. The van der Waals surface area contributed by atoms with Crippen LogP contribution < -0.4 is 5.48 Å². The van der Waals surface area contributed by atoms with E-state index in [9.17, 15) is 9.59 Å². The number of carbonyl (C=O) groups excluding carboxylic acids is 2. The molecule has 0 saturated carbocycles. The number of rotatable bonds is 3. The lowest BCUT2D eigenvalue weighted by Gasteiger charge is -2.02. The standard InChI is InChI=1S/C10H9NO3/c12-7-3-5-8-4-1-2-6-9(8)10(13)11-14/h1-7,14H,(H,11,13). The van der Waals surface area contributed by atoms with Gasteiger partial charge in [-0.2, -0.15) is 0 Å². The molecule has 1 aromatic rings. The molecule has 0 aromatic heterocycles. The van der Waals surface area contributed by atoms with Gasteiger partial charge in [-0.25, -0.2) is 5.48 Å². The number of amides is 1. The van der Waals surface area contributed by atoms with Crippen LogP contribution in [0.25, 0.3) is 6.08 Å². The summed E-state index contributed by atoms with van der Waals surface area (Å²) >= 11 is 0. The smallest absolute Gasteiger partial charge is 0.275 e. The molecule has 4 heteroatoms. The number of carbonyl (C=O) groups is 2. The van der Waals surface area contributed by atoms with Crippen molar-refractivity contribution in [3.8, 4) is 0 Å². The minimum atomic E-state index is -0.601. The zero-order chi connectivity index (χ0) is 10.4. The zero-order valence-corrected chi connectivity index (χ0v) is 7.31. The van der Waals surface area contributed by atoms with Gasteiger partial charge in [0, 0.05) is 5.56 Å². The van der Waals surface area contributed by atoms with E-state index in [2.05, 4.69) is 0 Å².